The first-order valence-electron chi connectivity index (χ1n) is 8.24. The number of thiazole rings is 1. The molecule has 7 heteroatoms. The van der Waals surface area contributed by atoms with Gasteiger partial charge in [-0.1, -0.05) is 6.07 Å². The summed E-state index contributed by atoms with van der Waals surface area (Å²) in [4.78, 5) is 8.68. The molecule has 0 atom stereocenters. The van der Waals surface area contributed by atoms with Crippen LogP contribution in [0.15, 0.2) is 54.9 Å². The molecule has 0 aliphatic heterocycles. The Labute approximate surface area is 153 Å². The van der Waals surface area contributed by atoms with Crippen LogP contribution in [0.25, 0.3) is 27.1 Å². The van der Waals surface area contributed by atoms with E-state index in [1.165, 1.54) is 10.3 Å². The van der Waals surface area contributed by atoms with Crippen LogP contribution in [-0.4, -0.2) is 29.8 Å². The lowest BCUT2D eigenvalue weighted by Crippen LogP contribution is -2.01. The number of nitrogens with zero attached hydrogens (tertiary/aromatic N) is 6. The SMILES string of the molecule is Cc1nc2ccc(Cc3nnc4ccc(-c5cccnc5)nn34)cc2s1. The highest BCUT2D eigenvalue weighted by atomic mass is 32.1. The maximum absolute atomic E-state index is 4.71. The van der Waals surface area contributed by atoms with Gasteiger partial charge < -0.3 is 0 Å². The van der Waals surface area contributed by atoms with Crippen molar-refractivity contribution >= 4 is 27.2 Å². The van der Waals surface area contributed by atoms with E-state index in [0.717, 1.165) is 33.3 Å². The fourth-order valence-electron chi connectivity index (χ4n) is 2.99. The molecule has 4 heterocycles. The first kappa shape index (κ1) is 15.1. The number of fused-ring (bicyclic) bond motifs is 2. The minimum atomic E-state index is 0.664. The van der Waals surface area contributed by atoms with Crippen LogP contribution in [0.3, 0.4) is 0 Å². The molecule has 0 N–H and O–H groups in total. The van der Waals surface area contributed by atoms with E-state index in [0.29, 0.717) is 6.42 Å². The zero-order valence-electron chi connectivity index (χ0n) is 14.0. The third-order valence-electron chi connectivity index (χ3n) is 4.21. The summed E-state index contributed by atoms with van der Waals surface area (Å²) >= 11 is 1.71. The molecular weight excluding hydrogens is 344 g/mol. The molecule has 0 unspecified atom stereocenters. The molecule has 0 spiro atoms. The van der Waals surface area contributed by atoms with Crippen LogP contribution in [-0.2, 0) is 6.42 Å². The normalized spacial score (nSPS) is 11.4. The summed E-state index contributed by atoms with van der Waals surface area (Å²) in [5, 5.41) is 14.4. The van der Waals surface area contributed by atoms with Crippen LogP contribution in [0.1, 0.15) is 16.4 Å². The van der Waals surface area contributed by atoms with Crippen molar-refractivity contribution in [3.8, 4) is 11.3 Å². The van der Waals surface area contributed by atoms with Gasteiger partial charge in [0.1, 0.15) is 0 Å². The highest BCUT2D eigenvalue weighted by molar-refractivity contribution is 7.18. The Morgan fingerprint density at radius 3 is 2.92 bits per heavy atom. The van der Waals surface area contributed by atoms with Crippen LogP contribution in [0.2, 0.25) is 0 Å². The minimum absolute atomic E-state index is 0.664. The molecule has 126 valence electrons. The van der Waals surface area contributed by atoms with Gasteiger partial charge in [-0.2, -0.15) is 9.61 Å². The maximum Gasteiger partial charge on any atom is 0.177 e. The molecule has 0 radical (unpaired) electrons. The van der Waals surface area contributed by atoms with E-state index < -0.39 is 0 Å². The van der Waals surface area contributed by atoms with Crippen LogP contribution >= 0.6 is 11.3 Å². The standard InChI is InChI=1S/C19H14N6S/c1-12-21-16-5-4-13(9-17(16)26-12)10-19-23-22-18-7-6-15(24-25(18)19)14-3-2-8-20-11-14/h2-9,11H,10H2,1H3. The Morgan fingerprint density at radius 1 is 1.08 bits per heavy atom. The monoisotopic (exact) mass is 358 g/mol. The Morgan fingerprint density at radius 2 is 2.04 bits per heavy atom. The first-order valence-corrected chi connectivity index (χ1v) is 9.06. The molecule has 0 aliphatic carbocycles. The molecule has 0 saturated carbocycles. The lowest BCUT2D eigenvalue weighted by molar-refractivity contribution is 0.842. The summed E-state index contributed by atoms with van der Waals surface area (Å²) in [5.74, 6) is 0.811. The molecule has 5 aromatic rings. The number of hydrogen-bond donors (Lipinski definition) is 0. The van der Waals surface area contributed by atoms with Crippen molar-refractivity contribution < 1.29 is 0 Å². The topological polar surface area (TPSA) is 68.9 Å². The summed E-state index contributed by atoms with van der Waals surface area (Å²) in [5.41, 5.74) is 4.77. The third-order valence-corrected chi connectivity index (χ3v) is 5.14. The largest absolute Gasteiger partial charge is 0.264 e. The van der Waals surface area contributed by atoms with Gasteiger partial charge in [-0.3, -0.25) is 4.98 Å². The van der Waals surface area contributed by atoms with Crippen molar-refractivity contribution in [1.82, 2.24) is 29.8 Å². The van der Waals surface area contributed by atoms with Gasteiger partial charge in [0, 0.05) is 24.4 Å². The second-order valence-electron chi connectivity index (χ2n) is 6.06. The predicted octanol–water partition coefficient (Wildman–Crippen LogP) is 3.70. The fraction of sp³-hybridized carbons (Fsp3) is 0.105. The lowest BCUT2D eigenvalue weighted by atomic mass is 10.1. The van der Waals surface area contributed by atoms with E-state index in [2.05, 4.69) is 38.4 Å². The van der Waals surface area contributed by atoms with Crippen molar-refractivity contribution in [2.24, 2.45) is 0 Å². The molecule has 0 saturated heterocycles. The summed E-state index contributed by atoms with van der Waals surface area (Å²) in [6, 6.07) is 14.1. The molecule has 4 aromatic heterocycles. The van der Waals surface area contributed by atoms with E-state index in [-0.39, 0.29) is 0 Å². The van der Waals surface area contributed by atoms with Gasteiger partial charge in [0.25, 0.3) is 0 Å². The number of pyridine rings is 1. The second-order valence-corrected chi connectivity index (χ2v) is 7.29. The molecule has 6 nitrogen and oxygen atoms in total. The van der Waals surface area contributed by atoms with Crippen LogP contribution < -0.4 is 0 Å². The van der Waals surface area contributed by atoms with E-state index in [1.807, 2.05) is 35.7 Å². The average Bonchev–Trinajstić information content (AvgIpc) is 3.24. The second kappa shape index (κ2) is 5.96. The van der Waals surface area contributed by atoms with Crippen molar-refractivity contribution in [3.05, 3.63) is 71.3 Å². The van der Waals surface area contributed by atoms with Crippen molar-refractivity contribution in [3.63, 3.8) is 0 Å². The van der Waals surface area contributed by atoms with E-state index in [4.69, 9.17) is 5.10 Å². The van der Waals surface area contributed by atoms with E-state index >= 15 is 0 Å². The maximum atomic E-state index is 4.71. The molecular formula is C19H14N6S. The third kappa shape index (κ3) is 2.62. The summed E-state index contributed by atoms with van der Waals surface area (Å²) < 4.78 is 3.00. The molecule has 5 rings (SSSR count). The van der Waals surface area contributed by atoms with E-state index in [9.17, 15) is 0 Å². The van der Waals surface area contributed by atoms with Crippen molar-refractivity contribution in [2.45, 2.75) is 13.3 Å². The molecule has 1 aromatic carbocycles. The summed E-state index contributed by atoms with van der Waals surface area (Å²) in [7, 11) is 0. The zero-order valence-corrected chi connectivity index (χ0v) is 14.8. The lowest BCUT2D eigenvalue weighted by Gasteiger charge is -2.03. The summed E-state index contributed by atoms with van der Waals surface area (Å²) in [6.07, 6.45) is 4.22. The molecule has 0 amide bonds. The van der Waals surface area contributed by atoms with Crippen molar-refractivity contribution in [1.29, 1.82) is 0 Å². The van der Waals surface area contributed by atoms with Gasteiger partial charge >= 0.3 is 0 Å². The van der Waals surface area contributed by atoms with Gasteiger partial charge in [0.05, 0.1) is 20.9 Å². The average molecular weight is 358 g/mol. The smallest absolute Gasteiger partial charge is 0.177 e. The van der Waals surface area contributed by atoms with Crippen LogP contribution in [0, 0.1) is 6.92 Å². The Bertz CT molecular complexity index is 1220. The van der Waals surface area contributed by atoms with Crippen LogP contribution in [0.5, 0.6) is 0 Å². The summed E-state index contributed by atoms with van der Waals surface area (Å²) in [6.45, 7) is 2.03. The number of rotatable bonds is 3. The number of aromatic nitrogens is 6. The highest BCUT2D eigenvalue weighted by Crippen LogP contribution is 2.24. The Hall–Kier alpha value is -3.19. The van der Waals surface area contributed by atoms with Gasteiger partial charge in [-0.25, -0.2) is 4.98 Å². The van der Waals surface area contributed by atoms with Crippen LogP contribution in [0.4, 0.5) is 0 Å². The zero-order chi connectivity index (χ0) is 17.5. The van der Waals surface area contributed by atoms with Crippen molar-refractivity contribution in [2.75, 3.05) is 0 Å². The van der Waals surface area contributed by atoms with Gasteiger partial charge in [-0.15, -0.1) is 21.5 Å². The Balaban J connectivity index is 1.55. The van der Waals surface area contributed by atoms with Gasteiger partial charge in [-0.05, 0) is 48.9 Å². The molecule has 0 bridgehead atoms. The quantitative estimate of drug-likeness (QED) is 0.492. The molecule has 0 fully saturated rings. The van der Waals surface area contributed by atoms with E-state index in [1.54, 1.807) is 23.7 Å². The fourth-order valence-corrected chi connectivity index (χ4v) is 3.88. The van der Waals surface area contributed by atoms with Gasteiger partial charge in [0.2, 0.25) is 0 Å². The minimum Gasteiger partial charge on any atom is -0.264 e. The van der Waals surface area contributed by atoms with Gasteiger partial charge in [0.15, 0.2) is 11.5 Å². The number of hydrogen-bond acceptors (Lipinski definition) is 6. The Kier molecular flexibility index (Phi) is 3.46. The molecule has 26 heavy (non-hydrogen) atoms. The predicted molar refractivity (Wildman–Crippen MR) is 101 cm³/mol. The first-order chi connectivity index (χ1) is 12.8. The number of benzene rings is 1. The number of aryl methyl sites for hydroxylation is 1. The highest BCUT2D eigenvalue weighted by Gasteiger charge is 2.11. The molecule has 0 aliphatic rings.